The van der Waals surface area contributed by atoms with Gasteiger partial charge < -0.3 is 25.3 Å². The van der Waals surface area contributed by atoms with Crippen molar-refractivity contribution in [2.24, 2.45) is 10.7 Å². The van der Waals surface area contributed by atoms with Crippen LogP contribution in [-0.4, -0.2) is 33.1 Å². The number of nitrogens with two attached hydrogens (primary N) is 1. The number of halogens is 4. The van der Waals surface area contributed by atoms with Gasteiger partial charge in [0.05, 0.1) is 20.8 Å². The average Bonchev–Trinajstić information content (AvgIpc) is 2.66. The molecule has 0 saturated heterocycles. The zero-order valence-electron chi connectivity index (χ0n) is 16.0. The molecule has 0 aliphatic carbocycles. The first-order chi connectivity index (χ1) is 13.3. The minimum absolute atomic E-state index is 0. The summed E-state index contributed by atoms with van der Waals surface area (Å²) in [5.74, 6) is 1.10. The van der Waals surface area contributed by atoms with Crippen molar-refractivity contribution in [3.63, 3.8) is 0 Å². The fourth-order valence-corrected chi connectivity index (χ4v) is 2.46. The van der Waals surface area contributed by atoms with Crippen LogP contribution in [-0.2, 0) is 13.0 Å². The molecule has 2 rings (SSSR count). The quantitative estimate of drug-likeness (QED) is 0.311. The van der Waals surface area contributed by atoms with Crippen molar-refractivity contribution in [1.29, 1.82) is 0 Å². The highest BCUT2D eigenvalue weighted by molar-refractivity contribution is 14.0. The third-order valence-electron chi connectivity index (χ3n) is 3.79. The molecule has 0 fully saturated rings. The summed E-state index contributed by atoms with van der Waals surface area (Å²) in [6.45, 7) is 0.451. The van der Waals surface area contributed by atoms with Crippen molar-refractivity contribution in [2.45, 2.75) is 19.3 Å². The Balaban J connectivity index is 0.00000420. The minimum atomic E-state index is -4.76. The van der Waals surface area contributed by atoms with E-state index in [4.69, 9.17) is 15.2 Å². The number of guanidine groups is 1. The van der Waals surface area contributed by atoms with E-state index >= 15 is 0 Å². The van der Waals surface area contributed by atoms with Gasteiger partial charge in [0.2, 0.25) is 0 Å². The first-order valence-electron chi connectivity index (χ1n) is 8.40. The highest BCUT2D eigenvalue weighted by atomic mass is 127. The van der Waals surface area contributed by atoms with Crippen LogP contribution in [0, 0.1) is 0 Å². The second-order valence-corrected chi connectivity index (χ2v) is 5.72. The molecule has 0 atom stereocenters. The average molecular weight is 525 g/mol. The number of aliphatic imine (C=N–C) groups is 1. The normalized spacial score (nSPS) is 11.4. The first kappa shape index (κ1) is 24.7. The molecule has 0 saturated carbocycles. The van der Waals surface area contributed by atoms with Gasteiger partial charge in [0.25, 0.3) is 0 Å². The van der Waals surface area contributed by atoms with E-state index in [1.807, 2.05) is 18.2 Å². The molecule has 0 spiro atoms. The number of nitrogens with one attached hydrogen (secondary N) is 1. The van der Waals surface area contributed by atoms with E-state index in [0.29, 0.717) is 24.5 Å². The minimum Gasteiger partial charge on any atom is -0.493 e. The SMILES string of the molecule is COc1ccc(CCNC(N)=NCc2ccccc2OC(F)(F)F)cc1OC.I. The standard InChI is InChI=1S/C19H22F3N3O3.HI/c1-26-16-8-7-13(11-17(16)27-2)9-10-24-18(23)25-12-14-5-3-4-6-15(14)28-19(20,21)22;/h3-8,11H,9-10,12H2,1-2H3,(H3,23,24,25);1H. The summed E-state index contributed by atoms with van der Waals surface area (Å²) in [7, 11) is 3.12. The van der Waals surface area contributed by atoms with Crippen LogP contribution in [0.5, 0.6) is 17.2 Å². The number of benzene rings is 2. The van der Waals surface area contributed by atoms with Gasteiger partial charge in [0.15, 0.2) is 17.5 Å². The molecular formula is C19H23F3IN3O3. The van der Waals surface area contributed by atoms with Gasteiger partial charge in [0, 0.05) is 12.1 Å². The number of hydrogen-bond donors (Lipinski definition) is 2. The summed E-state index contributed by atoms with van der Waals surface area (Å²) in [5, 5.41) is 2.93. The van der Waals surface area contributed by atoms with Gasteiger partial charge in [-0.25, -0.2) is 4.99 Å². The van der Waals surface area contributed by atoms with Crippen LogP contribution in [0.1, 0.15) is 11.1 Å². The zero-order valence-corrected chi connectivity index (χ0v) is 18.3. The summed E-state index contributed by atoms with van der Waals surface area (Å²) >= 11 is 0. The molecule has 29 heavy (non-hydrogen) atoms. The lowest BCUT2D eigenvalue weighted by atomic mass is 10.1. The lowest BCUT2D eigenvalue weighted by Crippen LogP contribution is -2.33. The second-order valence-electron chi connectivity index (χ2n) is 5.72. The Labute approximate surface area is 184 Å². The maximum absolute atomic E-state index is 12.4. The number of alkyl halides is 3. The second kappa shape index (κ2) is 11.6. The summed E-state index contributed by atoms with van der Waals surface area (Å²) in [5.41, 5.74) is 7.08. The summed E-state index contributed by atoms with van der Waals surface area (Å²) in [6, 6.07) is 11.4. The summed E-state index contributed by atoms with van der Waals surface area (Å²) in [4.78, 5) is 4.07. The molecule has 0 aromatic heterocycles. The van der Waals surface area contributed by atoms with Crippen LogP contribution >= 0.6 is 24.0 Å². The number of methoxy groups -OCH3 is 2. The Morgan fingerprint density at radius 1 is 1.03 bits per heavy atom. The highest BCUT2D eigenvalue weighted by Gasteiger charge is 2.31. The monoisotopic (exact) mass is 525 g/mol. The van der Waals surface area contributed by atoms with Gasteiger partial charge in [-0.3, -0.25) is 0 Å². The van der Waals surface area contributed by atoms with E-state index in [0.717, 1.165) is 5.56 Å². The number of ether oxygens (including phenoxy) is 3. The fraction of sp³-hybridized carbons (Fsp3) is 0.316. The number of nitrogens with zero attached hydrogens (tertiary/aromatic N) is 1. The highest BCUT2D eigenvalue weighted by Crippen LogP contribution is 2.28. The molecule has 0 amide bonds. The summed E-state index contributed by atoms with van der Waals surface area (Å²) < 4.78 is 51.7. The van der Waals surface area contributed by atoms with E-state index < -0.39 is 6.36 Å². The molecule has 0 bridgehead atoms. The molecule has 10 heteroatoms. The molecule has 0 aliphatic heterocycles. The van der Waals surface area contributed by atoms with Crippen LogP contribution in [0.4, 0.5) is 13.2 Å². The molecule has 0 heterocycles. The molecule has 0 aliphatic rings. The zero-order chi connectivity index (χ0) is 20.6. The molecule has 2 aromatic rings. The van der Waals surface area contributed by atoms with E-state index in [1.165, 1.54) is 18.2 Å². The van der Waals surface area contributed by atoms with Crippen LogP contribution in [0.25, 0.3) is 0 Å². The number of hydrogen-bond acceptors (Lipinski definition) is 4. The van der Waals surface area contributed by atoms with Crippen LogP contribution < -0.4 is 25.3 Å². The lowest BCUT2D eigenvalue weighted by molar-refractivity contribution is -0.274. The maximum Gasteiger partial charge on any atom is 0.573 e. The summed E-state index contributed by atoms with van der Waals surface area (Å²) in [6.07, 6.45) is -4.12. The maximum atomic E-state index is 12.4. The van der Waals surface area contributed by atoms with Crippen molar-refractivity contribution in [3.05, 3.63) is 53.6 Å². The van der Waals surface area contributed by atoms with Crippen molar-refractivity contribution < 1.29 is 27.4 Å². The molecule has 2 aromatic carbocycles. The van der Waals surface area contributed by atoms with E-state index in [9.17, 15) is 13.2 Å². The van der Waals surface area contributed by atoms with E-state index in [-0.39, 0.29) is 47.8 Å². The molecule has 0 radical (unpaired) electrons. The molecule has 6 nitrogen and oxygen atoms in total. The Kier molecular flexibility index (Phi) is 9.86. The van der Waals surface area contributed by atoms with E-state index in [2.05, 4.69) is 15.0 Å². The third-order valence-corrected chi connectivity index (χ3v) is 3.79. The van der Waals surface area contributed by atoms with Gasteiger partial charge in [-0.15, -0.1) is 37.1 Å². The van der Waals surface area contributed by atoms with Gasteiger partial charge in [-0.05, 0) is 30.2 Å². The molecule has 160 valence electrons. The fourth-order valence-electron chi connectivity index (χ4n) is 2.46. The largest absolute Gasteiger partial charge is 0.573 e. The lowest BCUT2D eigenvalue weighted by Gasteiger charge is -2.12. The number of para-hydroxylation sites is 1. The first-order valence-corrected chi connectivity index (χ1v) is 8.40. The topological polar surface area (TPSA) is 78.1 Å². The van der Waals surface area contributed by atoms with E-state index in [1.54, 1.807) is 20.3 Å². The molecular weight excluding hydrogens is 502 g/mol. The number of rotatable bonds is 8. The van der Waals surface area contributed by atoms with Crippen molar-refractivity contribution in [3.8, 4) is 17.2 Å². The Morgan fingerprint density at radius 2 is 1.72 bits per heavy atom. The van der Waals surface area contributed by atoms with Crippen molar-refractivity contribution in [2.75, 3.05) is 20.8 Å². The van der Waals surface area contributed by atoms with Crippen LogP contribution in [0.2, 0.25) is 0 Å². The Bertz CT molecular complexity index is 817. The molecule has 3 N–H and O–H groups in total. The molecule has 0 unspecified atom stereocenters. The van der Waals surface area contributed by atoms with Gasteiger partial charge in [-0.2, -0.15) is 0 Å². The third kappa shape index (κ3) is 8.26. The Hall–Kier alpha value is -2.37. The predicted molar refractivity (Wildman–Crippen MR) is 115 cm³/mol. The predicted octanol–water partition coefficient (Wildman–Crippen LogP) is 3.87. The van der Waals surface area contributed by atoms with Gasteiger partial charge in [-0.1, -0.05) is 24.3 Å². The van der Waals surface area contributed by atoms with Crippen LogP contribution in [0.15, 0.2) is 47.5 Å². The van der Waals surface area contributed by atoms with Crippen LogP contribution in [0.3, 0.4) is 0 Å². The van der Waals surface area contributed by atoms with Gasteiger partial charge in [0.1, 0.15) is 5.75 Å². The smallest absolute Gasteiger partial charge is 0.493 e. The Morgan fingerprint density at radius 3 is 2.38 bits per heavy atom. The van der Waals surface area contributed by atoms with Gasteiger partial charge >= 0.3 is 6.36 Å². The van der Waals surface area contributed by atoms with Crippen molar-refractivity contribution in [1.82, 2.24) is 5.32 Å². The van der Waals surface area contributed by atoms with Crippen molar-refractivity contribution >= 4 is 29.9 Å².